The Labute approximate surface area is 172 Å². The van der Waals surface area contributed by atoms with Crippen molar-refractivity contribution in [2.24, 2.45) is 0 Å². The monoisotopic (exact) mass is 380 g/mol. The molecule has 0 saturated heterocycles. The van der Waals surface area contributed by atoms with Gasteiger partial charge in [-0.3, -0.25) is 0 Å². The zero-order valence-electron chi connectivity index (χ0n) is 9.70. The maximum Gasteiger partial charge on any atom is 2.00 e. The quantitative estimate of drug-likeness (QED) is 0.316. The molecule has 0 rings (SSSR count). The van der Waals surface area contributed by atoms with Crippen molar-refractivity contribution < 1.29 is 55.9 Å². The van der Waals surface area contributed by atoms with Gasteiger partial charge in [-0.25, -0.2) is 0 Å². The van der Waals surface area contributed by atoms with Crippen molar-refractivity contribution >= 4 is 121 Å². The molecule has 0 heterocycles. The third kappa shape index (κ3) is 66.5. The second kappa shape index (κ2) is 15.1. The number of rotatable bonds is 0. The van der Waals surface area contributed by atoms with Gasteiger partial charge in [0, 0.05) is 0 Å². The summed E-state index contributed by atoms with van der Waals surface area (Å²) in [7, 11) is -4.61. The van der Waals surface area contributed by atoms with Crippen molar-refractivity contribution in [3.63, 3.8) is 0 Å². The molecule has 0 fully saturated rings. The van der Waals surface area contributed by atoms with Gasteiger partial charge >= 0.3 is 133 Å². The summed E-state index contributed by atoms with van der Waals surface area (Å²) in [4.78, 5) is 29.3. The molecule has 0 aromatic heterocycles. The molecule has 48 valence electrons. The van der Waals surface area contributed by atoms with E-state index in [0.717, 1.165) is 0 Å². The molecule has 0 aliphatic heterocycles. The smallest absolute Gasteiger partial charge is 1.00 e. The average Bonchev–Trinajstić information content (AvgIpc) is 0.722. The van der Waals surface area contributed by atoms with Crippen molar-refractivity contribution in [3.8, 4) is 0 Å². The topological polar surface area (TPSA) is 80.9 Å². The van der Waals surface area contributed by atoms with E-state index in [9.17, 15) is 0 Å². The molecular formula is H12AlBaNaO4SiSr. The van der Waals surface area contributed by atoms with Gasteiger partial charge < -0.3 is 26.3 Å². The normalized spacial score (nSPS) is 6.67. The fraction of sp³-hybridized carbons (Fsp3) is 0. The van der Waals surface area contributed by atoms with Crippen LogP contribution in [0.25, 0.3) is 0 Å². The number of hydrogen-bond donors (Lipinski definition) is 4. The van der Waals surface area contributed by atoms with Crippen LogP contribution in [0.15, 0.2) is 0 Å². The van der Waals surface area contributed by atoms with Crippen molar-refractivity contribution in [1.82, 2.24) is 0 Å². The van der Waals surface area contributed by atoms with Gasteiger partial charge in [-0.05, 0) is 0 Å². The van der Waals surface area contributed by atoms with Crippen LogP contribution in [0.3, 0.4) is 0 Å². The van der Waals surface area contributed by atoms with Gasteiger partial charge in [0.05, 0.1) is 0 Å². The first-order chi connectivity index (χ1) is 2.00. The van der Waals surface area contributed by atoms with E-state index in [2.05, 4.69) is 0 Å². The summed E-state index contributed by atoms with van der Waals surface area (Å²) >= 11 is 0. The zero-order valence-corrected chi connectivity index (χ0v) is 15.6. The molecule has 0 saturated carbocycles. The van der Waals surface area contributed by atoms with Crippen LogP contribution in [0.4, 0.5) is 0 Å². The Morgan fingerprint density at radius 2 is 1.00 bits per heavy atom. The Kier molecular flexibility index (Phi) is 49.1. The van der Waals surface area contributed by atoms with Crippen LogP contribution in [0.5, 0.6) is 0 Å². The fourth-order valence-corrected chi connectivity index (χ4v) is 0. The van der Waals surface area contributed by atoms with Crippen molar-refractivity contribution in [3.05, 3.63) is 0 Å². The first-order valence-corrected chi connectivity index (χ1v) is 2.68. The second-order valence-electron chi connectivity index (χ2n) is 0.600. The van der Waals surface area contributed by atoms with E-state index in [1.54, 1.807) is 0 Å². The van der Waals surface area contributed by atoms with Gasteiger partial charge in [-0.1, -0.05) is 0 Å². The largest absolute Gasteiger partial charge is 2.00 e. The molecule has 0 spiro atoms. The van der Waals surface area contributed by atoms with E-state index < -0.39 is 9.05 Å². The molecule has 4 nitrogen and oxygen atoms in total. The molecule has 4 N–H and O–H groups in total. The zero-order chi connectivity index (χ0) is 4.50. The molecule has 0 aliphatic carbocycles. The van der Waals surface area contributed by atoms with Crippen LogP contribution in [-0.2, 0) is 0 Å². The van der Waals surface area contributed by atoms with Crippen LogP contribution in [0.2, 0.25) is 0 Å². The third-order valence-electron chi connectivity index (χ3n) is 0. The van der Waals surface area contributed by atoms with Crippen molar-refractivity contribution in [2.75, 3.05) is 0 Å². The van der Waals surface area contributed by atoms with E-state index >= 15 is 0 Å². The molecule has 9 heavy (non-hydrogen) atoms. The van der Waals surface area contributed by atoms with Gasteiger partial charge in [0.15, 0.2) is 17.4 Å². The minimum Gasteiger partial charge on any atom is -1.00 e. The second-order valence-corrected chi connectivity index (χ2v) is 1.80. The van der Waals surface area contributed by atoms with E-state index in [4.69, 9.17) is 19.2 Å². The summed E-state index contributed by atoms with van der Waals surface area (Å²) in [5.74, 6) is 0. The van der Waals surface area contributed by atoms with E-state index in [1.165, 1.54) is 0 Å². The van der Waals surface area contributed by atoms with E-state index in [-0.39, 0.29) is 148 Å². The van der Waals surface area contributed by atoms with Crippen LogP contribution >= 0.6 is 0 Å². The Bertz CT molecular complexity index is 49.2. The molecule has 0 aromatic carbocycles. The average molecular weight is 379 g/mol. The molecule has 0 atom stereocenters. The molecule has 0 aliphatic rings. The Morgan fingerprint density at radius 1 is 1.00 bits per heavy atom. The summed E-state index contributed by atoms with van der Waals surface area (Å²) in [5, 5.41) is 0. The summed E-state index contributed by atoms with van der Waals surface area (Å²) in [5.41, 5.74) is 0. The summed E-state index contributed by atoms with van der Waals surface area (Å²) in [6.07, 6.45) is 0. The maximum absolute atomic E-state index is 7.33. The van der Waals surface area contributed by atoms with Crippen LogP contribution in [0, 0.1) is 0 Å². The molecule has 0 bridgehead atoms. The van der Waals surface area contributed by atoms with Crippen LogP contribution in [-0.4, -0.2) is 140 Å². The summed E-state index contributed by atoms with van der Waals surface area (Å²) in [6, 6.07) is 0. The van der Waals surface area contributed by atoms with Gasteiger partial charge in [0.2, 0.25) is 0 Å². The predicted molar refractivity (Wildman–Crippen MR) is 41.6 cm³/mol. The molecular weight excluding hydrogens is 367 g/mol. The summed E-state index contributed by atoms with van der Waals surface area (Å²) < 4.78 is 0. The van der Waals surface area contributed by atoms with Crippen molar-refractivity contribution in [2.45, 2.75) is 0 Å². The van der Waals surface area contributed by atoms with E-state index in [0.29, 0.717) is 0 Å². The fourth-order valence-electron chi connectivity index (χ4n) is 0. The molecule has 9 heteroatoms. The predicted octanol–water partition coefficient (Wildman–Crippen LogP) is -6.99. The first-order valence-electron chi connectivity index (χ1n) is 0.894. The van der Waals surface area contributed by atoms with Crippen LogP contribution in [0.1, 0.15) is 7.13 Å². The molecule has 0 radical (unpaired) electrons. The van der Waals surface area contributed by atoms with Gasteiger partial charge in [-0.15, -0.1) is 0 Å². The first kappa shape index (κ1) is 29.2. The summed E-state index contributed by atoms with van der Waals surface area (Å²) in [6.45, 7) is 0. The van der Waals surface area contributed by atoms with Gasteiger partial charge in [0.1, 0.15) is 0 Å². The minimum atomic E-state index is -4.61. The Morgan fingerprint density at radius 3 is 1.00 bits per heavy atom. The molecule has 0 aromatic rings. The maximum atomic E-state index is 7.33. The minimum absolute atomic E-state index is 0. The standard InChI is InChI=1S/Al.Ba.Na.H4O4Si.Sr.8H/c;;;1-5(2,3)4;;;;;;;;;/h;;;1-4H;;;;;;;;;/q;+2;+1;;+2;;;;5*-1. The molecule has 0 unspecified atom stereocenters. The Hall–Kier alpha value is 4.64. The molecule has 0 amide bonds. The van der Waals surface area contributed by atoms with Crippen LogP contribution < -0.4 is 29.6 Å². The third-order valence-corrected chi connectivity index (χ3v) is 0. The SMILES string of the molecule is O[Si](O)(O)O.[AlH3].[Ba+2].[H-].[H-].[H-].[H-].[H-].[Na+].[Sr+2]. The van der Waals surface area contributed by atoms with Gasteiger partial charge in [-0.2, -0.15) is 0 Å². The van der Waals surface area contributed by atoms with Gasteiger partial charge in [0.25, 0.3) is 0 Å². The van der Waals surface area contributed by atoms with E-state index in [1.807, 2.05) is 0 Å². The van der Waals surface area contributed by atoms with Crippen molar-refractivity contribution in [1.29, 1.82) is 0 Å². The Balaban J connectivity index is -0.00000000222. The number of hydrogen-bond acceptors (Lipinski definition) is 4.